The van der Waals surface area contributed by atoms with Gasteiger partial charge in [0.15, 0.2) is 0 Å². The van der Waals surface area contributed by atoms with Gasteiger partial charge in [-0.2, -0.15) is 0 Å². The first-order valence-corrected chi connectivity index (χ1v) is 28.8. The molecule has 0 fully saturated rings. The van der Waals surface area contributed by atoms with Crippen molar-refractivity contribution in [2.24, 2.45) is 9.98 Å². The van der Waals surface area contributed by atoms with Gasteiger partial charge in [0, 0.05) is 18.5 Å². The van der Waals surface area contributed by atoms with Gasteiger partial charge in [-0.1, -0.05) is 187 Å². The summed E-state index contributed by atoms with van der Waals surface area (Å²) in [5.74, 6) is 1.16. The Hall–Kier alpha value is -6.02. The van der Waals surface area contributed by atoms with Gasteiger partial charge in [0.1, 0.15) is 23.0 Å². The number of ether oxygens (including phenoxy) is 4. The van der Waals surface area contributed by atoms with E-state index in [1.165, 1.54) is 173 Å². The molecule has 0 amide bonds. The molecule has 0 saturated heterocycles. The first-order valence-electron chi connectivity index (χ1n) is 28.8. The summed E-state index contributed by atoms with van der Waals surface area (Å²) in [6, 6.07) is 36.1. The number of carbonyl (C=O) groups excluding carboxylic acids is 2. The van der Waals surface area contributed by atoms with Crippen LogP contribution in [0.3, 0.4) is 0 Å². The fourth-order valence-electron chi connectivity index (χ4n) is 8.87. The number of benzene rings is 5. The average Bonchev–Trinajstić information content (AvgIpc) is 3.43. The summed E-state index contributed by atoms with van der Waals surface area (Å²) in [7, 11) is 0. The van der Waals surface area contributed by atoms with E-state index in [2.05, 4.69) is 23.8 Å². The molecule has 0 heterocycles. The SMILES string of the molecule is CCCCCCCCCCCCCCCCOc1ccc(C=Nc2ccc(C(=O)Oc3cccc(OC(=O)c4ccc(N=Cc5ccc(OCCCCCCCCCCCCCCCC)cc5)cc4)c3)cc2)cc1. The van der Waals surface area contributed by atoms with Gasteiger partial charge < -0.3 is 18.9 Å². The van der Waals surface area contributed by atoms with Crippen LogP contribution in [0.2, 0.25) is 0 Å². The molecule has 0 saturated carbocycles. The summed E-state index contributed by atoms with van der Waals surface area (Å²) < 4.78 is 23.2. The van der Waals surface area contributed by atoms with Crippen molar-refractivity contribution in [3.05, 3.63) is 144 Å². The summed E-state index contributed by atoms with van der Waals surface area (Å²) in [6.45, 7) is 6.03. The standard InChI is InChI=1S/C66H88N2O6/c1-3-5-7-9-11-13-15-17-19-21-23-25-27-29-50-71-61-46-34-55(35-47-61)53-67-59-42-38-57(39-43-59)65(69)73-63-32-31-33-64(52-63)74-66(70)58-40-44-60(45-41-58)68-54-56-36-48-62(49-37-56)72-51-30-28-26-24-22-20-18-16-14-12-10-8-6-4-2/h31-49,52-54H,3-30,50-51H2,1-2H3. The van der Waals surface area contributed by atoms with Crippen LogP contribution in [-0.2, 0) is 0 Å². The molecule has 0 atom stereocenters. The molecule has 8 nitrogen and oxygen atoms in total. The van der Waals surface area contributed by atoms with Gasteiger partial charge in [-0.15, -0.1) is 0 Å². The predicted molar refractivity (Wildman–Crippen MR) is 308 cm³/mol. The maximum Gasteiger partial charge on any atom is 0.343 e. The highest BCUT2D eigenvalue weighted by Gasteiger charge is 2.13. The molecular weight excluding hydrogens is 917 g/mol. The third-order valence-electron chi connectivity index (χ3n) is 13.5. The van der Waals surface area contributed by atoms with Crippen molar-refractivity contribution < 1.29 is 28.5 Å². The number of hydrogen-bond acceptors (Lipinski definition) is 8. The quantitative estimate of drug-likeness (QED) is 0.0168. The van der Waals surface area contributed by atoms with Crippen molar-refractivity contribution in [2.45, 2.75) is 194 Å². The van der Waals surface area contributed by atoms with Crippen molar-refractivity contribution in [3.8, 4) is 23.0 Å². The van der Waals surface area contributed by atoms with Crippen molar-refractivity contribution in [1.82, 2.24) is 0 Å². The molecule has 0 aliphatic carbocycles. The van der Waals surface area contributed by atoms with E-state index >= 15 is 0 Å². The highest BCUT2D eigenvalue weighted by molar-refractivity contribution is 5.93. The molecule has 74 heavy (non-hydrogen) atoms. The van der Waals surface area contributed by atoms with Crippen LogP contribution in [-0.4, -0.2) is 37.6 Å². The zero-order valence-electron chi connectivity index (χ0n) is 45.3. The summed E-state index contributed by atoms with van der Waals surface area (Å²) in [5.41, 5.74) is 4.04. The van der Waals surface area contributed by atoms with E-state index in [1.54, 1.807) is 79.2 Å². The normalized spacial score (nSPS) is 11.4. The molecule has 0 aliphatic rings. The van der Waals surface area contributed by atoms with Crippen LogP contribution in [0.25, 0.3) is 0 Å². The summed E-state index contributed by atoms with van der Waals surface area (Å²) in [6.07, 6.45) is 41.2. The lowest BCUT2D eigenvalue weighted by Gasteiger charge is -2.08. The lowest BCUT2D eigenvalue weighted by molar-refractivity contribution is 0.0732. The number of hydrogen-bond donors (Lipinski definition) is 0. The van der Waals surface area contributed by atoms with Crippen LogP contribution in [0.4, 0.5) is 11.4 Å². The van der Waals surface area contributed by atoms with E-state index in [0.29, 0.717) is 22.5 Å². The molecule has 0 bridgehead atoms. The average molecular weight is 1010 g/mol. The lowest BCUT2D eigenvalue weighted by atomic mass is 10.0. The van der Waals surface area contributed by atoms with Gasteiger partial charge >= 0.3 is 11.9 Å². The van der Waals surface area contributed by atoms with E-state index < -0.39 is 11.9 Å². The number of rotatable bonds is 40. The predicted octanol–water partition coefficient (Wildman–Crippen LogP) is 19.3. The monoisotopic (exact) mass is 1000 g/mol. The van der Waals surface area contributed by atoms with E-state index in [9.17, 15) is 9.59 Å². The number of unbranched alkanes of at least 4 members (excludes halogenated alkanes) is 26. The van der Waals surface area contributed by atoms with Crippen LogP contribution < -0.4 is 18.9 Å². The van der Waals surface area contributed by atoms with E-state index in [4.69, 9.17) is 18.9 Å². The second-order valence-corrected chi connectivity index (χ2v) is 19.9. The first-order chi connectivity index (χ1) is 36.5. The third kappa shape index (κ3) is 25.8. The minimum Gasteiger partial charge on any atom is -0.494 e. The highest BCUT2D eigenvalue weighted by Crippen LogP contribution is 2.24. The molecule has 5 aromatic carbocycles. The minimum atomic E-state index is -0.537. The Morgan fingerprint density at radius 3 is 0.959 bits per heavy atom. The Morgan fingerprint density at radius 2 is 0.649 bits per heavy atom. The van der Waals surface area contributed by atoms with Gasteiger partial charge in [-0.3, -0.25) is 9.98 Å². The van der Waals surface area contributed by atoms with Gasteiger partial charge in [-0.05, 0) is 133 Å². The smallest absolute Gasteiger partial charge is 0.343 e. The molecular formula is C66H88N2O6. The zero-order chi connectivity index (χ0) is 51.9. The Kier molecular flexibility index (Phi) is 30.0. The van der Waals surface area contributed by atoms with Crippen LogP contribution >= 0.6 is 0 Å². The van der Waals surface area contributed by atoms with Crippen molar-refractivity contribution in [3.63, 3.8) is 0 Å². The van der Waals surface area contributed by atoms with E-state index in [0.717, 1.165) is 48.7 Å². The molecule has 0 aromatic heterocycles. The third-order valence-corrected chi connectivity index (χ3v) is 13.5. The fraction of sp³-hybridized carbons (Fsp3) is 0.485. The fourth-order valence-corrected chi connectivity index (χ4v) is 8.87. The first kappa shape index (κ1) is 58.9. The molecule has 0 radical (unpaired) electrons. The molecule has 0 N–H and O–H groups in total. The minimum absolute atomic E-state index is 0.253. The van der Waals surface area contributed by atoms with Gasteiger partial charge in [0.25, 0.3) is 0 Å². The van der Waals surface area contributed by atoms with Crippen LogP contribution in [0.5, 0.6) is 23.0 Å². The van der Waals surface area contributed by atoms with Crippen LogP contribution in [0.1, 0.15) is 225 Å². The Morgan fingerprint density at radius 1 is 0.351 bits per heavy atom. The molecule has 5 aromatic rings. The molecule has 5 rings (SSSR count). The molecule has 398 valence electrons. The van der Waals surface area contributed by atoms with Crippen molar-refractivity contribution >= 4 is 35.7 Å². The zero-order valence-corrected chi connectivity index (χ0v) is 45.3. The second kappa shape index (κ2) is 37.7. The summed E-state index contributed by atoms with van der Waals surface area (Å²) >= 11 is 0. The number of nitrogens with zero attached hydrogens (tertiary/aromatic N) is 2. The van der Waals surface area contributed by atoms with Crippen molar-refractivity contribution in [1.29, 1.82) is 0 Å². The Balaban J connectivity index is 0.917. The maximum atomic E-state index is 13.0. The molecule has 0 unspecified atom stereocenters. The van der Waals surface area contributed by atoms with E-state index in [1.807, 2.05) is 48.5 Å². The number of carbonyl (C=O) groups is 2. The van der Waals surface area contributed by atoms with Crippen LogP contribution in [0.15, 0.2) is 131 Å². The summed E-state index contributed by atoms with van der Waals surface area (Å²) in [5, 5.41) is 0. The van der Waals surface area contributed by atoms with Crippen molar-refractivity contribution in [2.75, 3.05) is 13.2 Å². The number of esters is 2. The molecule has 8 heteroatoms. The van der Waals surface area contributed by atoms with Gasteiger partial charge in [-0.25, -0.2) is 9.59 Å². The molecule has 0 spiro atoms. The Labute approximate surface area is 445 Å². The maximum absolute atomic E-state index is 13.0. The Bertz CT molecular complexity index is 2140. The second-order valence-electron chi connectivity index (χ2n) is 19.9. The molecule has 0 aliphatic heterocycles. The highest BCUT2D eigenvalue weighted by atomic mass is 16.5. The topological polar surface area (TPSA) is 95.8 Å². The number of aliphatic imine (C=N–C) groups is 2. The van der Waals surface area contributed by atoms with Gasteiger partial charge in [0.2, 0.25) is 0 Å². The van der Waals surface area contributed by atoms with E-state index in [-0.39, 0.29) is 11.5 Å². The van der Waals surface area contributed by atoms with Crippen LogP contribution in [0, 0.1) is 0 Å². The largest absolute Gasteiger partial charge is 0.494 e. The summed E-state index contributed by atoms with van der Waals surface area (Å²) in [4.78, 5) is 35.2. The lowest BCUT2D eigenvalue weighted by Crippen LogP contribution is -2.10. The van der Waals surface area contributed by atoms with Gasteiger partial charge in [0.05, 0.1) is 35.7 Å².